The van der Waals surface area contributed by atoms with E-state index in [-0.39, 0.29) is 0 Å². The largest absolute Gasteiger partial charge is 0.467 e. The molecule has 18 heavy (non-hydrogen) atoms. The smallest absolute Gasteiger partial charge is 0.329 e. The van der Waals surface area contributed by atoms with E-state index < -0.39 is 22.0 Å². The fraction of sp³-hybridized carbons (Fsp3) is 0.364. The number of rotatable bonds is 4. The first-order valence-corrected chi connectivity index (χ1v) is 7.33. The molecule has 0 aliphatic carbocycles. The lowest BCUT2D eigenvalue weighted by Gasteiger charge is -2.27. The van der Waals surface area contributed by atoms with E-state index in [9.17, 15) is 13.2 Å². The molecule has 0 saturated heterocycles. The Bertz CT molecular complexity index is 526. The first-order valence-electron chi connectivity index (χ1n) is 5.10. The second-order valence-electron chi connectivity index (χ2n) is 3.73. The van der Waals surface area contributed by atoms with Gasteiger partial charge in [-0.05, 0) is 31.2 Å². The van der Waals surface area contributed by atoms with Gasteiger partial charge in [0.1, 0.15) is 6.04 Å². The summed E-state index contributed by atoms with van der Waals surface area (Å²) in [7, 11) is -2.39. The van der Waals surface area contributed by atoms with Crippen LogP contribution >= 0.6 is 11.6 Å². The van der Waals surface area contributed by atoms with Crippen LogP contribution in [0.4, 0.5) is 5.69 Å². The maximum atomic E-state index is 11.8. The normalized spacial score (nSPS) is 12.9. The van der Waals surface area contributed by atoms with E-state index in [4.69, 9.17) is 11.6 Å². The van der Waals surface area contributed by atoms with E-state index >= 15 is 0 Å². The average molecular weight is 292 g/mol. The van der Waals surface area contributed by atoms with Crippen molar-refractivity contribution in [2.75, 3.05) is 17.7 Å². The minimum Gasteiger partial charge on any atom is -0.467 e. The molecule has 0 N–H and O–H groups in total. The lowest BCUT2D eigenvalue weighted by molar-refractivity contribution is -0.141. The number of esters is 1. The highest BCUT2D eigenvalue weighted by Crippen LogP contribution is 2.23. The van der Waals surface area contributed by atoms with Crippen LogP contribution < -0.4 is 4.31 Å². The summed E-state index contributed by atoms with van der Waals surface area (Å²) in [6.45, 7) is 1.46. The second-order valence-corrected chi connectivity index (χ2v) is 6.03. The Kier molecular flexibility index (Phi) is 4.59. The summed E-state index contributed by atoms with van der Waals surface area (Å²) < 4.78 is 29.1. The standard InChI is InChI=1S/C11H14ClNO4S/c1-8(11(14)17-2)13(18(3,15)16)10-6-4-9(12)5-7-10/h4-8H,1-3H3/t8-/m0/s1. The molecule has 0 spiro atoms. The lowest BCUT2D eigenvalue weighted by Crippen LogP contribution is -2.43. The summed E-state index contributed by atoms with van der Waals surface area (Å²) >= 11 is 5.74. The topological polar surface area (TPSA) is 63.7 Å². The van der Waals surface area contributed by atoms with Gasteiger partial charge in [0, 0.05) is 5.02 Å². The van der Waals surface area contributed by atoms with Crippen molar-refractivity contribution >= 4 is 33.3 Å². The van der Waals surface area contributed by atoms with E-state index in [1.165, 1.54) is 26.2 Å². The van der Waals surface area contributed by atoms with Crippen molar-refractivity contribution in [3.8, 4) is 0 Å². The zero-order valence-corrected chi connectivity index (χ0v) is 11.8. The molecule has 5 nitrogen and oxygen atoms in total. The summed E-state index contributed by atoms with van der Waals surface area (Å²) in [5.74, 6) is -0.629. The lowest BCUT2D eigenvalue weighted by atomic mass is 10.2. The molecule has 0 radical (unpaired) electrons. The maximum absolute atomic E-state index is 11.8. The fourth-order valence-electron chi connectivity index (χ4n) is 1.56. The predicted molar refractivity (Wildman–Crippen MR) is 70.3 cm³/mol. The van der Waals surface area contributed by atoms with Gasteiger partial charge in [0.05, 0.1) is 19.1 Å². The van der Waals surface area contributed by atoms with Crippen LogP contribution in [-0.2, 0) is 19.6 Å². The molecule has 1 rings (SSSR count). The minimum absolute atomic E-state index is 0.361. The van der Waals surface area contributed by atoms with E-state index in [1.54, 1.807) is 12.1 Å². The Hall–Kier alpha value is -1.27. The number of carbonyl (C=O) groups excluding carboxylic acids is 1. The first kappa shape index (κ1) is 14.8. The highest BCUT2D eigenvalue weighted by atomic mass is 35.5. The molecule has 100 valence electrons. The van der Waals surface area contributed by atoms with Crippen LogP contribution in [0.3, 0.4) is 0 Å². The van der Waals surface area contributed by atoms with Gasteiger partial charge in [-0.2, -0.15) is 0 Å². The Labute approximate surface area is 111 Å². The SMILES string of the molecule is COC(=O)[C@H](C)N(c1ccc(Cl)cc1)S(C)(=O)=O. The van der Waals surface area contributed by atoms with Crippen LogP contribution in [0, 0.1) is 0 Å². The first-order chi connectivity index (χ1) is 8.27. The van der Waals surface area contributed by atoms with E-state index in [1.807, 2.05) is 0 Å². The van der Waals surface area contributed by atoms with Crippen LogP contribution in [0.25, 0.3) is 0 Å². The Morgan fingerprint density at radius 2 is 1.83 bits per heavy atom. The van der Waals surface area contributed by atoms with Crippen LogP contribution in [-0.4, -0.2) is 33.8 Å². The number of anilines is 1. The molecule has 1 aromatic carbocycles. The number of benzene rings is 1. The van der Waals surface area contributed by atoms with Gasteiger partial charge in [-0.25, -0.2) is 13.2 Å². The van der Waals surface area contributed by atoms with Gasteiger partial charge in [-0.1, -0.05) is 11.6 Å². The third-order valence-corrected chi connectivity index (χ3v) is 3.83. The summed E-state index contributed by atoms with van der Waals surface area (Å²) in [6.07, 6.45) is 1.03. The Balaban J connectivity index is 3.23. The van der Waals surface area contributed by atoms with Crippen molar-refractivity contribution in [3.63, 3.8) is 0 Å². The number of ether oxygens (including phenoxy) is 1. The van der Waals surface area contributed by atoms with Crippen molar-refractivity contribution in [1.82, 2.24) is 0 Å². The number of sulfonamides is 1. The number of carbonyl (C=O) groups is 1. The maximum Gasteiger partial charge on any atom is 0.329 e. The van der Waals surface area contributed by atoms with Crippen molar-refractivity contribution in [2.45, 2.75) is 13.0 Å². The molecule has 0 bridgehead atoms. The molecule has 0 unspecified atom stereocenters. The zero-order chi connectivity index (χ0) is 13.9. The molecule has 0 heterocycles. The second kappa shape index (κ2) is 5.58. The van der Waals surface area contributed by atoms with E-state index in [2.05, 4.69) is 4.74 Å². The molecule has 0 aliphatic rings. The van der Waals surface area contributed by atoms with Gasteiger partial charge in [0.2, 0.25) is 10.0 Å². The van der Waals surface area contributed by atoms with Gasteiger partial charge >= 0.3 is 5.97 Å². The number of hydrogen-bond donors (Lipinski definition) is 0. The van der Waals surface area contributed by atoms with Gasteiger partial charge in [-0.15, -0.1) is 0 Å². The third-order valence-electron chi connectivity index (χ3n) is 2.33. The molecule has 1 aromatic rings. The molecule has 0 amide bonds. The molecular formula is C11H14ClNO4S. The molecule has 0 fully saturated rings. The van der Waals surface area contributed by atoms with Gasteiger partial charge in [0.25, 0.3) is 0 Å². The van der Waals surface area contributed by atoms with Crippen molar-refractivity contribution in [1.29, 1.82) is 0 Å². The van der Waals surface area contributed by atoms with Gasteiger partial charge < -0.3 is 4.74 Å². The third kappa shape index (κ3) is 3.36. The number of methoxy groups -OCH3 is 1. The van der Waals surface area contributed by atoms with Crippen LogP contribution in [0.2, 0.25) is 5.02 Å². The average Bonchev–Trinajstić information content (AvgIpc) is 2.29. The zero-order valence-electron chi connectivity index (χ0n) is 10.3. The monoisotopic (exact) mass is 291 g/mol. The van der Waals surface area contributed by atoms with Crippen LogP contribution in [0.5, 0.6) is 0 Å². The summed E-state index contributed by atoms with van der Waals surface area (Å²) in [5, 5.41) is 0.484. The predicted octanol–water partition coefficient (Wildman–Crippen LogP) is 1.67. The van der Waals surface area contributed by atoms with E-state index in [0.717, 1.165) is 10.6 Å². The van der Waals surface area contributed by atoms with Crippen molar-refractivity contribution in [2.24, 2.45) is 0 Å². The highest BCUT2D eigenvalue weighted by molar-refractivity contribution is 7.92. The quantitative estimate of drug-likeness (QED) is 0.792. The van der Waals surface area contributed by atoms with Crippen molar-refractivity contribution in [3.05, 3.63) is 29.3 Å². The number of hydrogen-bond acceptors (Lipinski definition) is 4. The summed E-state index contributed by atoms with van der Waals surface area (Å²) in [6, 6.07) is 5.23. The van der Waals surface area contributed by atoms with Gasteiger partial charge in [-0.3, -0.25) is 4.31 Å². The Morgan fingerprint density at radius 1 is 1.33 bits per heavy atom. The summed E-state index contributed by atoms with van der Waals surface area (Å²) in [4.78, 5) is 11.5. The highest BCUT2D eigenvalue weighted by Gasteiger charge is 2.29. The molecule has 0 saturated carbocycles. The fourth-order valence-corrected chi connectivity index (χ4v) is 2.85. The van der Waals surface area contributed by atoms with Crippen LogP contribution in [0.1, 0.15) is 6.92 Å². The molecule has 0 aliphatic heterocycles. The Morgan fingerprint density at radius 3 is 2.22 bits per heavy atom. The summed E-state index contributed by atoms with van der Waals surface area (Å²) in [5.41, 5.74) is 0.361. The van der Waals surface area contributed by atoms with Crippen LogP contribution in [0.15, 0.2) is 24.3 Å². The van der Waals surface area contributed by atoms with E-state index in [0.29, 0.717) is 10.7 Å². The molecule has 0 aromatic heterocycles. The van der Waals surface area contributed by atoms with Crippen molar-refractivity contribution < 1.29 is 17.9 Å². The van der Waals surface area contributed by atoms with Gasteiger partial charge in [0.15, 0.2) is 0 Å². The minimum atomic E-state index is -3.60. The number of nitrogens with zero attached hydrogens (tertiary/aromatic N) is 1. The molecule has 7 heteroatoms. The molecule has 1 atom stereocenters. The number of halogens is 1. The molecular weight excluding hydrogens is 278 g/mol.